The van der Waals surface area contributed by atoms with Crippen LogP contribution < -0.4 is 5.32 Å². The summed E-state index contributed by atoms with van der Waals surface area (Å²) in [6, 6.07) is 4.46. The van der Waals surface area contributed by atoms with Gasteiger partial charge in [0.1, 0.15) is 0 Å². The number of aliphatic hydroxyl groups is 1. The van der Waals surface area contributed by atoms with E-state index in [9.17, 15) is 13.2 Å². The lowest BCUT2D eigenvalue weighted by atomic mass is 10.1. The molecule has 1 aromatic carbocycles. The van der Waals surface area contributed by atoms with Crippen LogP contribution in [0.15, 0.2) is 23.1 Å². The van der Waals surface area contributed by atoms with Gasteiger partial charge in [0.05, 0.1) is 5.56 Å². The Morgan fingerprint density at radius 2 is 2.05 bits per heavy atom. The van der Waals surface area contributed by atoms with Crippen LogP contribution in [0.1, 0.15) is 31.4 Å². The van der Waals surface area contributed by atoms with Gasteiger partial charge in [-0.05, 0) is 36.6 Å². The number of benzene rings is 1. The van der Waals surface area contributed by atoms with Gasteiger partial charge >= 0.3 is 6.18 Å². The predicted octanol–water partition coefficient (Wildman–Crippen LogP) is 3.93. The average molecular weight is 321 g/mol. The first-order chi connectivity index (χ1) is 9.88. The van der Waals surface area contributed by atoms with Crippen molar-refractivity contribution < 1.29 is 18.3 Å². The van der Waals surface area contributed by atoms with E-state index < -0.39 is 11.7 Å². The number of thioether (sulfide) groups is 1. The molecule has 2 nitrogen and oxygen atoms in total. The Bertz CT molecular complexity index is 437. The molecule has 6 heteroatoms. The fourth-order valence-corrected chi connectivity index (χ4v) is 2.70. The highest BCUT2D eigenvalue weighted by Crippen LogP contribution is 2.35. The standard InChI is InChI=1S/C15H22F3NOS/c1-3-6-19-8-12-4-5-13(21-10-11(2)9-20)7-14(12)15(16,17)18/h4-5,7,11,19-20H,3,6,8-10H2,1-2H3. The second-order valence-electron chi connectivity index (χ2n) is 5.09. The number of alkyl halides is 3. The summed E-state index contributed by atoms with van der Waals surface area (Å²) in [7, 11) is 0. The predicted molar refractivity (Wildman–Crippen MR) is 80.4 cm³/mol. The molecule has 21 heavy (non-hydrogen) atoms. The number of hydrogen-bond acceptors (Lipinski definition) is 3. The molecule has 0 aliphatic rings. The molecular weight excluding hydrogens is 299 g/mol. The van der Waals surface area contributed by atoms with Gasteiger partial charge in [-0.25, -0.2) is 0 Å². The summed E-state index contributed by atoms with van der Waals surface area (Å²) in [5.41, 5.74) is -0.303. The molecule has 1 rings (SSSR count). The van der Waals surface area contributed by atoms with Crippen molar-refractivity contribution in [3.63, 3.8) is 0 Å². The van der Waals surface area contributed by atoms with E-state index in [4.69, 9.17) is 5.11 Å². The minimum atomic E-state index is -4.34. The smallest absolute Gasteiger partial charge is 0.396 e. The van der Waals surface area contributed by atoms with Crippen molar-refractivity contribution in [2.45, 2.75) is 37.9 Å². The minimum Gasteiger partial charge on any atom is -0.396 e. The molecule has 0 fully saturated rings. The van der Waals surface area contributed by atoms with Gasteiger partial charge in [0.25, 0.3) is 0 Å². The quantitative estimate of drug-likeness (QED) is 0.562. The fraction of sp³-hybridized carbons (Fsp3) is 0.600. The molecule has 0 aliphatic heterocycles. The second-order valence-corrected chi connectivity index (χ2v) is 6.19. The Kier molecular flexibility index (Phi) is 7.56. The summed E-state index contributed by atoms with van der Waals surface area (Å²) in [6.45, 7) is 4.79. The molecule has 0 amide bonds. The second kappa shape index (κ2) is 8.66. The third-order valence-electron chi connectivity index (χ3n) is 2.98. The Labute approximate surface area is 128 Å². The maximum Gasteiger partial charge on any atom is 0.416 e. The van der Waals surface area contributed by atoms with E-state index >= 15 is 0 Å². The summed E-state index contributed by atoms with van der Waals surface area (Å²) in [6.07, 6.45) is -3.46. The number of hydrogen-bond donors (Lipinski definition) is 2. The topological polar surface area (TPSA) is 32.3 Å². The third-order valence-corrected chi connectivity index (χ3v) is 4.30. The first-order valence-electron chi connectivity index (χ1n) is 7.03. The monoisotopic (exact) mass is 321 g/mol. The van der Waals surface area contributed by atoms with E-state index in [1.165, 1.54) is 23.9 Å². The molecule has 0 radical (unpaired) electrons. The van der Waals surface area contributed by atoms with Crippen molar-refractivity contribution in [3.8, 4) is 0 Å². The number of aliphatic hydroxyl groups excluding tert-OH is 1. The van der Waals surface area contributed by atoms with Gasteiger partial charge in [-0.3, -0.25) is 0 Å². The van der Waals surface area contributed by atoms with Crippen LogP contribution >= 0.6 is 11.8 Å². The van der Waals surface area contributed by atoms with Gasteiger partial charge in [0.2, 0.25) is 0 Å². The largest absolute Gasteiger partial charge is 0.416 e. The zero-order valence-electron chi connectivity index (χ0n) is 12.3. The third kappa shape index (κ3) is 6.28. The molecule has 0 heterocycles. The SMILES string of the molecule is CCCNCc1ccc(SCC(C)CO)cc1C(F)(F)F. The Hall–Kier alpha value is -0.720. The lowest BCUT2D eigenvalue weighted by Crippen LogP contribution is -2.18. The number of rotatable bonds is 8. The van der Waals surface area contributed by atoms with Gasteiger partial charge in [0.15, 0.2) is 0 Å². The van der Waals surface area contributed by atoms with E-state index in [2.05, 4.69) is 5.32 Å². The zero-order valence-corrected chi connectivity index (χ0v) is 13.2. The van der Waals surface area contributed by atoms with Gasteiger partial charge in [-0.1, -0.05) is 19.9 Å². The van der Waals surface area contributed by atoms with Crippen LogP contribution in [0.4, 0.5) is 13.2 Å². The van der Waals surface area contributed by atoms with Crippen molar-refractivity contribution in [1.82, 2.24) is 5.32 Å². The Balaban J connectivity index is 2.86. The van der Waals surface area contributed by atoms with Crippen LogP contribution in [0, 0.1) is 5.92 Å². The summed E-state index contributed by atoms with van der Waals surface area (Å²) in [4.78, 5) is 0.585. The van der Waals surface area contributed by atoms with Gasteiger partial charge in [-0.15, -0.1) is 11.8 Å². The van der Waals surface area contributed by atoms with Crippen LogP contribution in [0.3, 0.4) is 0 Å². The van der Waals surface area contributed by atoms with Crippen molar-refractivity contribution in [2.75, 3.05) is 18.9 Å². The van der Waals surface area contributed by atoms with Crippen molar-refractivity contribution in [1.29, 1.82) is 0 Å². The summed E-state index contributed by atoms with van der Waals surface area (Å²) < 4.78 is 39.4. The van der Waals surface area contributed by atoms with Gasteiger partial charge < -0.3 is 10.4 Å². The van der Waals surface area contributed by atoms with Crippen LogP contribution in [-0.2, 0) is 12.7 Å². The lowest BCUT2D eigenvalue weighted by Gasteiger charge is -2.15. The van der Waals surface area contributed by atoms with E-state index in [0.29, 0.717) is 17.2 Å². The Morgan fingerprint density at radius 3 is 2.62 bits per heavy atom. The molecule has 0 aromatic heterocycles. The van der Waals surface area contributed by atoms with Crippen LogP contribution in [0.25, 0.3) is 0 Å². The molecule has 1 atom stereocenters. The zero-order chi connectivity index (χ0) is 15.9. The fourth-order valence-electron chi connectivity index (χ4n) is 1.75. The van der Waals surface area contributed by atoms with E-state index in [0.717, 1.165) is 6.42 Å². The molecule has 0 saturated carbocycles. The molecule has 2 N–H and O–H groups in total. The Morgan fingerprint density at radius 1 is 1.33 bits per heavy atom. The van der Waals surface area contributed by atoms with E-state index in [1.54, 1.807) is 6.07 Å². The van der Waals surface area contributed by atoms with Gasteiger partial charge in [0, 0.05) is 23.8 Å². The minimum absolute atomic E-state index is 0.0398. The van der Waals surface area contributed by atoms with Crippen LogP contribution in [-0.4, -0.2) is 24.0 Å². The summed E-state index contributed by atoms with van der Waals surface area (Å²) in [5, 5.41) is 12.0. The first kappa shape index (κ1) is 18.3. The number of nitrogens with one attached hydrogen (secondary N) is 1. The maximum atomic E-state index is 13.1. The molecule has 0 aliphatic carbocycles. The van der Waals surface area contributed by atoms with E-state index in [-0.39, 0.29) is 24.6 Å². The molecule has 1 aromatic rings. The first-order valence-corrected chi connectivity index (χ1v) is 8.01. The lowest BCUT2D eigenvalue weighted by molar-refractivity contribution is -0.138. The number of halogens is 3. The molecular formula is C15H22F3NOS. The van der Waals surface area contributed by atoms with Crippen molar-refractivity contribution in [2.24, 2.45) is 5.92 Å². The summed E-state index contributed by atoms with van der Waals surface area (Å²) >= 11 is 1.34. The van der Waals surface area contributed by atoms with Crippen molar-refractivity contribution >= 4 is 11.8 Å². The molecule has 0 bridgehead atoms. The molecule has 0 saturated heterocycles. The van der Waals surface area contributed by atoms with Crippen LogP contribution in [0.2, 0.25) is 0 Å². The molecule has 120 valence electrons. The highest BCUT2D eigenvalue weighted by atomic mass is 32.2. The average Bonchev–Trinajstić information content (AvgIpc) is 2.44. The highest BCUT2D eigenvalue weighted by Gasteiger charge is 2.33. The van der Waals surface area contributed by atoms with E-state index in [1.807, 2.05) is 13.8 Å². The molecule has 1 unspecified atom stereocenters. The normalized spacial score (nSPS) is 13.4. The maximum absolute atomic E-state index is 13.1. The molecule has 0 spiro atoms. The highest BCUT2D eigenvalue weighted by molar-refractivity contribution is 7.99. The van der Waals surface area contributed by atoms with Crippen molar-refractivity contribution in [3.05, 3.63) is 29.3 Å². The summed E-state index contributed by atoms with van der Waals surface area (Å²) in [5.74, 6) is 0.663. The van der Waals surface area contributed by atoms with Gasteiger partial charge in [-0.2, -0.15) is 13.2 Å². The van der Waals surface area contributed by atoms with Crippen LogP contribution in [0.5, 0.6) is 0 Å².